The molecule has 2 aliphatic heterocycles. The number of hydrogen-bond acceptors (Lipinski definition) is 5. The summed E-state index contributed by atoms with van der Waals surface area (Å²) in [5, 5.41) is 3.44. The quantitative estimate of drug-likeness (QED) is 0.747. The zero-order valence-electron chi connectivity index (χ0n) is 14.2. The lowest BCUT2D eigenvalue weighted by Gasteiger charge is -2.35. The van der Waals surface area contributed by atoms with Gasteiger partial charge in [0.1, 0.15) is 0 Å². The van der Waals surface area contributed by atoms with E-state index < -0.39 is 0 Å². The summed E-state index contributed by atoms with van der Waals surface area (Å²) in [7, 11) is 0. The van der Waals surface area contributed by atoms with Crippen molar-refractivity contribution < 1.29 is 9.53 Å². The molecule has 8 heteroatoms. The number of carbonyl (C=O) groups is 1. The summed E-state index contributed by atoms with van der Waals surface area (Å²) in [4.78, 5) is 16.7. The van der Waals surface area contributed by atoms with Crippen LogP contribution in [0.4, 0.5) is 0 Å². The third-order valence-electron chi connectivity index (χ3n) is 4.00. The highest BCUT2D eigenvalue weighted by Gasteiger charge is 2.24. The SMILES string of the molecule is CC(C)OCCN1CCN(C(=O)CC2CSCCN2)CC1.Cl.Cl. The van der Waals surface area contributed by atoms with Gasteiger partial charge < -0.3 is 15.0 Å². The minimum atomic E-state index is 0. The molecule has 0 aliphatic carbocycles. The lowest BCUT2D eigenvalue weighted by molar-refractivity contribution is -0.133. The summed E-state index contributed by atoms with van der Waals surface area (Å²) in [5.41, 5.74) is 0. The van der Waals surface area contributed by atoms with Crippen molar-refractivity contribution in [1.29, 1.82) is 0 Å². The van der Waals surface area contributed by atoms with E-state index in [4.69, 9.17) is 4.74 Å². The first-order valence-electron chi connectivity index (χ1n) is 8.08. The largest absolute Gasteiger partial charge is 0.377 e. The first-order chi connectivity index (χ1) is 10.1. The van der Waals surface area contributed by atoms with Crippen LogP contribution in [-0.2, 0) is 9.53 Å². The Morgan fingerprint density at radius 2 is 1.96 bits per heavy atom. The highest BCUT2D eigenvalue weighted by molar-refractivity contribution is 7.99. The molecule has 23 heavy (non-hydrogen) atoms. The molecule has 1 unspecified atom stereocenters. The molecular weight excluding hydrogens is 357 g/mol. The summed E-state index contributed by atoms with van der Waals surface area (Å²) in [6.07, 6.45) is 0.956. The second-order valence-electron chi connectivity index (χ2n) is 6.07. The number of halogens is 2. The Balaban J connectivity index is 0.00000242. The molecule has 2 saturated heterocycles. The Hall–Kier alpha value is 0.280. The van der Waals surface area contributed by atoms with Crippen LogP contribution >= 0.6 is 36.6 Å². The third kappa shape index (κ3) is 8.79. The van der Waals surface area contributed by atoms with Crippen LogP contribution in [-0.4, -0.2) is 85.2 Å². The average Bonchev–Trinajstić information content (AvgIpc) is 2.48. The van der Waals surface area contributed by atoms with E-state index in [1.54, 1.807) is 0 Å². The van der Waals surface area contributed by atoms with Crippen LogP contribution < -0.4 is 5.32 Å². The lowest BCUT2D eigenvalue weighted by atomic mass is 10.2. The molecule has 0 bridgehead atoms. The molecule has 0 aromatic rings. The van der Waals surface area contributed by atoms with Crippen molar-refractivity contribution in [2.75, 3.05) is 57.4 Å². The molecule has 2 aliphatic rings. The van der Waals surface area contributed by atoms with Crippen molar-refractivity contribution in [2.24, 2.45) is 0 Å². The second kappa shape index (κ2) is 12.6. The normalized spacial score (nSPS) is 22.4. The Bertz CT molecular complexity index is 324. The van der Waals surface area contributed by atoms with Crippen molar-refractivity contribution in [3.63, 3.8) is 0 Å². The predicted molar refractivity (Wildman–Crippen MR) is 102 cm³/mol. The summed E-state index contributed by atoms with van der Waals surface area (Å²) in [6.45, 7) is 10.6. The van der Waals surface area contributed by atoms with E-state index in [-0.39, 0.29) is 24.8 Å². The van der Waals surface area contributed by atoms with Gasteiger partial charge in [0.05, 0.1) is 12.7 Å². The van der Waals surface area contributed by atoms with Crippen molar-refractivity contribution in [3.8, 4) is 0 Å². The molecular formula is C15H31Cl2N3O2S. The van der Waals surface area contributed by atoms with Crippen molar-refractivity contribution in [1.82, 2.24) is 15.1 Å². The molecule has 2 fully saturated rings. The lowest BCUT2D eigenvalue weighted by Crippen LogP contribution is -2.51. The van der Waals surface area contributed by atoms with Gasteiger partial charge in [-0.15, -0.1) is 24.8 Å². The maximum Gasteiger partial charge on any atom is 0.224 e. The molecule has 0 saturated carbocycles. The smallest absolute Gasteiger partial charge is 0.224 e. The molecule has 0 radical (unpaired) electrons. The van der Waals surface area contributed by atoms with Crippen LogP contribution in [0, 0.1) is 0 Å². The molecule has 0 aromatic heterocycles. The number of nitrogens with zero attached hydrogens (tertiary/aromatic N) is 2. The highest BCUT2D eigenvalue weighted by Crippen LogP contribution is 2.12. The summed E-state index contributed by atoms with van der Waals surface area (Å²) in [5.74, 6) is 2.55. The van der Waals surface area contributed by atoms with E-state index in [0.29, 0.717) is 24.5 Å². The van der Waals surface area contributed by atoms with E-state index in [9.17, 15) is 4.79 Å². The first kappa shape index (κ1) is 23.3. The van der Waals surface area contributed by atoms with Crippen LogP contribution in [0.15, 0.2) is 0 Å². The molecule has 0 spiro atoms. The maximum atomic E-state index is 12.3. The molecule has 1 atom stereocenters. The molecule has 0 aromatic carbocycles. The van der Waals surface area contributed by atoms with E-state index in [1.807, 2.05) is 16.7 Å². The number of carbonyl (C=O) groups excluding carboxylic acids is 1. The number of ether oxygens (including phenoxy) is 1. The standard InChI is InChI=1S/C15H29N3O2S.2ClH/c1-13(2)20-9-8-17-4-6-18(7-5-17)15(19)11-14-12-21-10-3-16-14;;/h13-14,16H,3-12H2,1-2H3;2*1H. The van der Waals surface area contributed by atoms with Gasteiger partial charge in [0.25, 0.3) is 0 Å². The minimum Gasteiger partial charge on any atom is -0.377 e. The molecule has 138 valence electrons. The second-order valence-corrected chi connectivity index (χ2v) is 7.22. The zero-order chi connectivity index (χ0) is 15.1. The molecule has 5 nitrogen and oxygen atoms in total. The van der Waals surface area contributed by atoms with Gasteiger partial charge in [-0.25, -0.2) is 0 Å². The summed E-state index contributed by atoms with van der Waals surface area (Å²) >= 11 is 1.95. The number of thioether (sulfide) groups is 1. The molecule has 2 heterocycles. The zero-order valence-corrected chi connectivity index (χ0v) is 16.6. The van der Waals surface area contributed by atoms with Gasteiger partial charge in [-0.2, -0.15) is 11.8 Å². The summed E-state index contributed by atoms with van der Waals surface area (Å²) < 4.78 is 5.59. The van der Waals surface area contributed by atoms with Gasteiger partial charge in [0.2, 0.25) is 5.91 Å². The first-order valence-corrected chi connectivity index (χ1v) is 9.23. The topological polar surface area (TPSA) is 44.8 Å². The Morgan fingerprint density at radius 3 is 2.52 bits per heavy atom. The van der Waals surface area contributed by atoms with Crippen molar-refractivity contribution in [3.05, 3.63) is 0 Å². The van der Waals surface area contributed by atoms with Crippen LogP contribution in [0.1, 0.15) is 20.3 Å². The molecule has 1 N–H and O–H groups in total. The van der Waals surface area contributed by atoms with Crippen LogP contribution in [0.25, 0.3) is 0 Å². The van der Waals surface area contributed by atoms with Crippen LogP contribution in [0.5, 0.6) is 0 Å². The fourth-order valence-corrected chi connectivity index (χ4v) is 3.68. The van der Waals surface area contributed by atoms with Gasteiger partial charge in [0, 0.05) is 63.2 Å². The highest BCUT2D eigenvalue weighted by atomic mass is 35.5. The Morgan fingerprint density at radius 1 is 1.26 bits per heavy atom. The number of rotatable bonds is 6. The van der Waals surface area contributed by atoms with E-state index in [2.05, 4.69) is 24.1 Å². The third-order valence-corrected chi connectivity index (χ3v) is 5.13. The average molecular weight is 388 g/mol. The van der Waals surface area contributed by atoms with Gasteiger partial charge in [-0.05, 0) is 13.8 Å². The Kier molecular flexibility index (Phi) is 12.8. The van der Waals surface area contributed by atoms with E-state index >= 15 is 0 Å². The van der Waals surface area contributed by atoms with Crippen LogP contribution in [0.3, 0.4) is 0 Å². The molecule has 2 rings (SSSR count). The number of nitrogens with one attached hydrogen (secondary N) is 1. The van der Waals surface area contributed by atoms with E-state index in [0.717, 1.165) is 51.6 Å². The number of piperazine rings is 1. The predicted octanol–water partition coefficient (Wildman–Crippen LogP) is 1.49. The van der Waals surface area contributed by atoms with Gasteiger partial charge >= 0.3 is 0 Å². The maximum absolute atomic E-state index is 12.3. The van der Waals surface area contributed by atoms with Gasteiger partial charge in [-0.1, -0.05) is 0 Å². The van der Waals surface area contributed by atoms with E-state index in [1.165, 1.54) is 5.75 Å². The number of hydrogen-bond donors (Lipinski definition) is 1. The minimum absolute atomic E-state index is 0. The monoisotopic (exact) mass is 387 g/mol. The fourth-order valence-electron chi connectivity index (χ4n) is 2.73. The van der Waals surface area contributed by atoms with Crippen LogP contribution in [0.2, 0.25) is 0 Å². The van der Waals surface area contributed by atoms with Crippen molar-refractivity contribution in [2.45, 2.75) is 32.4 Å². The Labute approximate surface area is 157 Å². The van der Waals surface area contributed by atoms with Gasteiger partial charge in [-0.3, -0.25) is 9.69 Å². The fraction of sp³-hybridized carbons (Fsp3) is 0.933. The number of amides is 1. The van der Waals surface area contributed by atoms with Crippen molar-refractivity contribution >= 4 is 42.5 Å². The summed E-state index contributed by atoms with van der Waals surface area (Å²) in [6, 6.07) is 0.369. The molecule has 1 amide bonds. The van der Waals surface area contributed by atoms with Gasteiger partial charge in [0.15, 0.2) is 0 Å².